The smallest absolute Gasteiger partial charge is 0.174 e. The molecule has 1 atom stereocenters. The predicted octanol–water partition coefficient (Wildman–Crippen LogP) is 2.02. The van der Waals surface area contributed by atoms with Crippen LogP contribution in [0.5, 0.6) is 0 Å². The fraction of sp³-hybridized carbons (Fsp3) is 0.750. The van der Waals surface area contributed by atoms with Crippen LogP contribution in [0, 0.1) is 0 Å². The van der Waals surface area contributed by atoms with E-state index in [0.717, 1.165) is 16.6 Å². The van der Waals surface area contributed by atoms with Gasteiger partial charge in [0.25, 0.3) is 0 Å². The summed E-state index contributed by atoms with van der Waals surface area (Å²) in [5.41, 5.74) is 1.77. The minimum absolute atomic E-state index is 0.550. The highest BCUT2D eigenvalue weighted by Crippen LogP contribution is 2.19. The Balaban J connectivity index is 2.11. The number of nitrogens with one attached hydrogen (secondary N) is 1. The maximum Gasteiger partial charge on any atom is 0.174 e. The molecule has 1 rings (SSSR count). The second-order valence-electron chi connectivity index (χ2n) is 2.87. The van der Waals surface area contributed by atoms with Crippen LogP contribution in [0.1, 0.15) is 20.3 Å². The van der Waals surface area contributed by atoms with Crippen molar-refractivity contribution in [3.63, 3.8) is 0 Å². The van der Waals surface area contributed by atoms with Crippen LogP contribution in [0.4, 0.5) is 0 Å². The Morgan fingerprint density at radius 2 is 2.54 bits per heavy atom. The van der Waals surface area contributed by atoms with Crippen molar-refractivity contribution < 1.29 is 0 Å². The van der Waals surface area contributed by atoms with E-state index in [0.29, 0.717) is 6.04 Å². The van der Waals surface area contributed by atoms with Crippen LogP contribution in [0.15, 0.2) is 9.85 Å². The molecule has 0 radical (unpaired) electrons. The van der Waals surface area contributed by atoms with Crippen LogP contribution in [0.25, 0.3) is 0 Å². The molecule has 1 unspecified atom stereocenters. The first-order valence-electron chi connectivity index (χ1n) is 4.45. The van der Waals surface area contributed by atoms with E-state index in [-0.39, 0.29) is 0 Å². The molecule has 0 spiro atoms. The van der Waals surface area contributed by atoms with Crippen molar-refractivity contribution in [1.82, 2.24) is 15.5 Å². The van der Waals surface area contributed by atoms with E-state index < -0.39 is 0 Å². The average Bonchev–Trinajstić information content (AvgIpc) is 2.64. The zero-order valence-electron chi connectivity index (χ0n) is 7.99. The number of hydrogen-bond donors (Lipinski definition) is 1. The van der Waals surface area contributed by atoms with Crippen LogP contribution < -0.4 is 5.32 Å². The Labute approximate surface area is 87.3 Å². The highest BCUT2D eigenvalue weighted by Gasteiger charge is 2.03. The van der Waals surface area contributed by atoms with E-state index in [9.17, 15) is 0 Å². The van der Waals surface area contributed by atoms with E-state index in [1.54, 1.807) is 28.6 Å². The lowest BCUT2D eigenvalue weighted by atomic mass is 10.3. The van der Waals surface area contributed by atoms with Crippen molar-refractivity contribution in [3.8, 4) is 0 Å². The number of hydrogen-bond acceptors (Lipinski definition) is 5. The highest BCUT2D eigenvalue weighted by atomic mass is 32.2. The van der Waals surface area contributed by atoms with Crippen LogP contribution >= 0.6 is 23.1 Å². The molecule has 0 aromatic carbocycles. The summed E-state index contributed by atoms with van der Waals surface area (Å²) in [6, 6.07) is 0.550. The van der Waals surface area contributed by atoms with Gasteiger partial charge in [-0.2, -0.15) is 0 Å². The van der Waals surface area contributed by atoms with Gasteiger partial charge in [-0.15, -0.1) is 10.2 Å². The lowest BCUT2D eigenvalue weighted by Gasteiger charge is -2.10. The van der Waals surface area contributed by atoms with Crippen molar-refractivity contribution in [2.75, 3.05) is 12.3 Å². The summed E-state index contributed by atoms with van der Waals surface area (Å²) in [5.74, 6) is 1.06. The van der Waals surface area contributed by atoms with Crippen LogP contribution in [-0.4, -0.2) is 28.5 Å². The average molecular weight is 217 g/mol. The quantitative estimate of drug-likeness (QED) is 0.740. The van der Waals surface area contributed by atoms with Crippen LogP contribution in [-0.2, 0) is 0 Å². The molecule has 74 valence electrons. The molecule has 1 heterocycles. The molecule has 0 saturated carbocycles. The number of thioether (sulfide) groups is 1. The Hall–Kier alpha value is -0.130. The first-order chi connectivity index (χ1) is 6.33. The van der Waals surface area contributed by atoms with Gasteiger partial charge in [0.2, 0.25) is 0 Å². The maximum absolute atomic E-state index is 3.97. The summed E-state index contributed by atoms with van der Waals surface area (Å²) >= 11 is 3.37. The van der Waals surface area contributed by atoms with Gasteiger partial charge in [-0.05, 0) is 19.9 Å². The minimum atomic E-state index is 0.550. The van der Waals surface area contributed by atoms with Gasteiger partial charge in [-0.3, -0.25) is 0 Å². The van der Waals surface area contributed by atoms with Gasteiger partial charge < -0.3 is 5.32 Å². The lowest BCUT2D eigenvalue weighted by molar-refractivity contribution is 0.590. The van der Waals surface area contributed by atoms with Gasteiger partial charge in [0.05, 0.1) is 0 Å². The Morgan fingerprint density at radius 3 is 3.15 bits per heavy atom. The van der Waals surface area contributed by atoms with Crippen LogP contribution in [0.2, 0.25) is 0 Å². The highest BCUT2D eigenvalue weighted by molar-refractivity contribution is 8.01. The molecule has 1 N–H and O–H groups in total. The zero-order valence-corrected chi connectivity index (χ0v) is 9.62. The van der Waals surface area contributed by atoms with E-state index in [1.807, 2.05) is 0 Å². The standard InChI is InChI=1S/C8H15N3S2/c1-3-4-9-7(2)5-12-8-11-10-6-13-8/h6-7,9H,3-5H2,1-2H3. The minimum Gasteiger partial charge on any atom is -0.313 e. The predicted molar refractivity (Wildman–Crippen MR) is 58.4 cm³/mol. The van der Waals surface area contributed by atoms with Gasteiger partial charge in [0, 0.05) is 11.8 Å². The zero-order chi connectivity index (χ0) is 9.52. The van der Waals surface area contributed by atoms with Gasteiger partial charge in [0.15, 0.2) is 4.34 Å². The number of rotatable bonds is 6. The summed E-state index contributed by atoms with van der Waals surface area (Å²) in [5, 5.41) is 11.2. The third kappa shape index (κ3) is 4.59. The monoisotopic (exact) mass is 217 g/mol. The molecule has 1 aromatic rings. The van der Waals surface area contributed by atoms with Gasteiger partial charge in [-0.1, -0.05) is 30.0 Å². The number of nitrogens with zero attached hydrogens (tertiary/aromatic N) is 2. The molecule has 5 heteroatoms. The summed E-state index contributed by atoms with van der Waals surface area (Å²) in [6.07, 6.45) is 1.19. The third-order valence-electron chi connectivity index (χ3n) is 1.54. The number of aromatic nitrogens is 2. The molecular weight excluding hydrogens is 202 g/mol. The molecule has 3 nitrogen and oxygen atoms in total. The van der Waals surface area contributed by atoms with E-state index in [2.05, 4.69) is 29.4 Å². The molecule has 0 aliphatic heterocycles. The summed E-state index contributed by atoms with van der Waals surface area (Å²) < 4.78 is 1.06. The van der Waals surface area contributed by atoms with Gasteiger partial charge in [0.1, 0.15) is 5.51 Å². The molecule has 0 bridgehead atoms. The van der Waals surface area contributed by atoms with E-state index in [4.69, 9.17) is 0 Å². The molecular formula is C8H15N3S2. The maximum atomic E-state index is 3.97. The SMILES string of the molecule is CCCNC(C)CSc1nncs1. The first-order valence-corrected chi connectivity index (χ1v) is 6.31. The fourth-order valence-electron chi connectivity index (χ4n) is 0.872. The molecule has 0 aliphatic rings. The van der Waals surface area contributed by atoms with Crippen molar-refractivity contribution >= 4 is 23.1 Å². The van der Waals surface area contributed by atoms with Gasteiger partial charge >= 0.3 is 0 Å². The summed E-state index contributed by atoms with van der Waals surface area (Å²) in [7, 11) is 0. The molecule has 13 heavy (non-hydrogen) atoms. The van der Waals surface area contributed by atoms with Gasteiger partial charge in [-0.25, -0.2) is 0 Å². The normalized spacial score (nSPS) is 13.1. The Bertz CT molecular complexity index is 213. The Kier molecular flexibility index (Phi) is 5.34. The topological polar surface area (TPSA) is 37.8 Å². The van der Waals surface area contributed by atoms with Crippen molar-refractivity contribution in [2.24, 2.45) is 0 Å². The van der Waals surface area contributed by atoms with Crippen molar-refractivity contribution in [2.45, 2.75) is 30.6 Å². The second kappa shape index (κ2) is 6.34. The van der Waals surface area contributed by atoms with Crippen LogP contribution in [0.3, 0.4) is 0 Å². The molecule has 0 saturated heterocycles. The fourth-order valence-corrected chi connectivity index (χ4v) is 2.37. The van der Waals surface area contributed by atoms with E-state index in [1.165, 1.54) is 6.42 Å². The largest absolute Gasteiger partial charge is 0.313 e. The molecule has 1 aromatic heterocycles. The second-order valence-corrected chi connectivity index (χ2v) is 4.97. The summed E-state index contributed by atoms with van der Waals surface area (Å²) in [4.78, 5) is 0. The van der Waals surface area contributed by atoms with Crippen molar-refractivity contribution in [3.05, 3.63) is 5.51 Å². The molecule has 0 fully saturated rings. The first kappa shape index (κ1) is 10.9. The lowest BCUT2D eigenvalue weighted by Crippen LogP contribution is -2.28. The summed E-state index contributed by atoms with van der Waals surface area (Å²) in [6.45, 7) is 5.47. The molecule has 0 amide bonds. The Morgan fingerprint density at radius 1 is 1.69 bits per heavy atom. The third-order valence-corrected chi connectivity index (χ3v) is 3.66. The molecule has 0 aliphatic carbocycles. The van der Waals surface area contributed by atoms with E-state index >= 15 is 0 Å². The van der Waals surface area contributed by atoms with Crippen molar-refractivity contribution in [1.29, 1.82) is 0 Å².